The molecule has 0 aliphatic carbocycles. The summed E-state index contributed by atoms with van der Waals surface area (Å²) in [6.07, 6.45) is -0.702. The fraction of sp³-hybridized carbons (Fsp3) is 0.424. The van der Waals surface area contributed by atoms with Crippen molar-refractivity contribution in [3.05, 3.63) is 74.2 Å². The van der Waals surface area contributed by atoms with E-state index in [9.17, 15) is 28.8 Å². The summed E-state index contributed by atoms with van der Waals surface area (Å²) in [5.41, 5.74) is 21.8. The number of Topliss-reactive ketones (excluding diaryl/α,β-unsaturated/α-hetero) is 1. The molecule has 53 heavy (non-hydrogen) atoms. The van der Waals surface area contributed by atoms with E-state index in [0.29, 0.717) is 11.5 Å². The molecule has 0 radical (unpaired) electrons. The number of carbonyl (C=O) groups is 5. The number of aromatic nitrogens is 2. The van der Waals surface area contributed by atoms with Gasteiger partial charge in [-0.15, -0.1) is 0 Å². The molecule has 1 aromatic rings. The third-order valence-electron chi connectivity index (χ3n) is 5.80. The van der Waals surface area contributed by atoms with Gasteiger partial charge < -0.3 is 41.3 Å². The molecule has 2 heterocycles. The van der Waals surface area contributed by atoms with E-state index in [0.717, 1.165) is 11.5 Å². The minimum Gasteiger partial charge on any atom is -0.498 e. The molecule has 1 aliphatic rings. The number of fused-ring (bicyclic) bond motifs is 1. The molecule has 2 unspecified atom stereocenters. The number of aliphatic carboxylic acids is 3. The number of thiol groups is 1. The van der Waals surface area contributed by atoms with Crippen molar-refractivity contribution in [2.75, 3.05) is 36.3 Å². The Hall–Kier alpha value is -4.83. The van der Waals surface area contributed by atoms with Crippen LogP contribution in [0.1, 0.15) is 40.0 Å². The molecule has 0 spiro atoms. The number of nitrogens with zero attached hydrogens (tertiary/aromatic N) is 4. The summed E-state index contributed by atoms with van der Waals surface area (Å²) in [7, 11) is 5.13. The van der Waals surface area contributed by atoms with Crippen LogP contribution in [0.4, 0.5) is 11.5 Å². The number of carboxylic acids is 3. The van der Waals surface area contributed by atoms with Crippen molar-refractivity contribution in [3.8, 4) is 0 Å². The summed E-state index contributed by atoms with van der Waals surface area (Å²) in [6.45, 7) is 5.85. The number of ketones is 1. The monoisotopic (exact) mass is 870 g/mol. The number of hydrogen-bond donors (Lipinski definition) is 7. The van der Waals surface area contributed by atoms with Crippen LogP contribution in [0.5, 0.6) is 0 Å². The van der Waals surface area contributed by atoms with Gasteiger partial charge >= 0.3 is 40.0 Å². The van der Waals surface area contributed by atoms with Crippen molar-refractivity contribution in [2.24, 2.45) is 12.8 Å². The van der Waals surface area contributed by atoms with Crippen LogP contribution in [-0.2, 0) is 59.9 Å². The maximum atomic E-state index is 12.1. The van der Waals surface area contributed by atoms with E-state index in [4.69, 9.17) is 31.0 Å². The number of aliphatic hydroxyl groups is 1. The van der Waals surface area contributed by atoms with Gasteiger partial charge in [0, 0.05) is 54.8 Å². The summed E-state index contributed by atoms with van der Waals surface area (Å²) in [6, 6.07) is -2.02. The first-order chi connectivity index (χ1) is 23.9. The first-order valence-corrected chi connectivity index (χ1v) is 15.4. The second-order valence-corrected chi connectivity index (χ2v) is 10.3. The summed E-state index contributed by atoms with van der Waals surface area (Å²) in [4.78, 5) is 80.4. The van der Waals surface area contributed by atoms with E-state index >= 15 is 0 Å². The van der Waals surface area contributed by atoms with Gasteiger partial charge in [-0.3, -0.25) is 37.9 Å². The molecule has 1 amide bonds. The van der Waals surface area contributed by atoms with Crippen LogP contribution in [0, 0.1) is 6.67 Å². The minimum absolute atomic E-state index is 0. The molecule has 20 heteroatoms. The Morgan fingerprint density at radius 1 is 0.962 bits per heavy atom. The molecule has 0 fully saturated rings. The summed E-state index contributed by atoms with van der Waals surface area (Å²) in [5.74, 6) is -3.50. The summed E-state index contributed by atoms with van der Waals surface area (Å²) in [5, 5.41) is 37.9. The Morgan fingerprint density at radius 2 is 1.49 bits per heavy atom. The third-order valence-corrected chi connectivity index (χ3v) is 6.26. The van der Waals surface area contributed by atoms with E-state index in [-0.39, 0.29) is 80.0 Å². The summed E-state index contributed by atoms with van der Waals surface area (Å²) >= 11 is 8.22. The predicted octanol–water partition coefficient (Wildman–Crippen LogP) is 0.153. The van der Waals surface area contributed by atoms with Gasteiger partial charge in [-0.05, 0) is 56.5 Å². The standard InChI is InChI=1S/C11H18N2O6S.C10H15N4O3.C9H2S.C2H4O2.CH4.Ag/c12-6(11(18)19)1-3-9(15)13-7(5-20)8(14)2-4-10(16)17;1-11-6-12(2)8-7(11)9(16)14(4-5-15)10(17)13(8)3;1-2-3-4-5-6-7-8-9-10;1-2(3)4;;/h6-7,20H,1-5,12H2,(H,13,15)(H,16,17)(H,18,19);6,15H,4-5H2,1-3H3;1H2;1H3,(H,3,4);1H4;/q;-1;;;;+1. The van der Waals surface area contributed by atoms with Crippen LogP contribution >= 0.6 is 24.8 Å². The quantitative estimate of drug-likeness (QED) is 0.0486. The van der Waals surface area contributed by atoms with Crippen LogP contribution < -0.4 is 32.1 Å². The molecule has 294 valence electrons. The van der Waals surface area contributed by atoms with E-state index in [1.54, 1.807) is 37.6 Å². The fourth-order valence-electron chi connectivity index (χ4n) is 3.63. The average molecular weight is 872 g/mol. The molecule has 7 N–H and O–H groups in total. The molecule has 2 atom stereocenters. The van der Waals surface area contributed by atoms with Gasteiger partial charge in [0.15, 0.2) is 5.78 Å². The van der Waals surface area contributed by atoms with Gasteiger partial charge in [0.25, 0.3) is 11.5 Å². The van der Waals surface area contributed by atoms with Crippen LogP contribution in [0.15, 0.2) is 56.3 Å². The fourth-order valence-corrected chi connectivity index (χ4v) is 3.97. The number of anilines is 2. The van der Waals surface area contributed by atoms with Crippen molar-refractivity contribution in [3.63, 3.8) is 0 Å². The molecular formula is C33H43AgN6O11S2. The number of hydrogen-bond acceptors (Lipinski definition) is 13. The van der Waals surface area contributed by atoms with E-state index < -0.39 is 47.4 Å². The van der Waals surface area contributed by atoms with Crippen LogP contribution in [0.3, 0.4) is 0 Å². The van der Waals surface area contributed by atoms with Gasteiger partial charge in [-0.25, -0.2) is 4.79 Å². The first kappa shape index (κ1) is 54.9. The first-order valence-electron chi connectivity index (χ1n) is 14.4. The molecule has 0 aromatic carbocycles. The maximum Gasteiger partial charge on any atom is 1.00 e. The maximum absolute atomic E-state index is 12.1. The van der Waals surface area contributed by atoms with Gasteiger partial charge in [0.1, 0.15) is 17.5 Å². The topological polar surface area (TPSA) is 255 Å². The van der Waals surface area contributed by atoms with Crippen molar-refractivity contribution < 1.29 is 66.8 Å². The smallest absolute Gasteiger partial charge is 0.498 e. The Bertz CT molecular complexity index is 1800. The Labute approximate surface area is 332 Å². The van der Waals surface area contributed by atoms with Crippen molar-refractivity contribution in [1.29, 1.82) is 0 Å². The Balaban J connectivity index is -0.000000330. The molecule has 1 aromatic heterocycles. The zero-order chi connectivity index (χ0) is 39.7. The predicted molar refractivity (Wildman–Crippen MR) is 199 cm³/mol. The van der Waals surface area contributed by atoms with Gasteiger partial charge in [-0.2, -0.15) is 19.3 Å². The van der Waals surface area contributed by atoms with E-state index in [1.165, 1.54) is 4.57 Å². The van der Waals surface area contributed by atoms with Crippen LogP contribution in [0.2, 0.25) is 0 Å². The number of carboxylic acid groups (broad SMARTS) is 3. The Morgan fingerprint density at radius 3 is 1.94 bits per heavy atom. The minimum atomic E-state index is -1.21. The number of rotatable bonds is 12. The zero-order valence-corrected chi connectivity index (χ0v) is 31.8. The molecule has 0 saturated heterocycles. The van der Waals surface area contributed by atoms with Crippen molar-refractivity contribution >= 4 is 71.0 Å². The van der Waals surface area contributed by atoms with Gasteiger partial charge in [0.05, 0.1) is 25.6 Å². The number of thiocarbonyl (C=S) groups is 1. The average Bonchev–Trinajstić information content (AvgIpc) is 3.37. The molecule has 0 saturated carbocycles. The summed E-state index contributed by atoms with van der Waals surface area (Å²) < 4.78 is 2.45. The van der Waals surface area contributed by atoms with Crippen molar-refractivity contribution in [2.45, 2.75) is 58.7 Å². The normalized spacial score (nSPS) is 10.8. The zero-order valence-electron chi connectivity index (χ0n) is 28.6. The van der Waals surface area contributed by atoms with E-state index in [2.05, 4.69) is 81.9 Å². The van der Waals surface area contributed by atoms with Gasteiger partial charge in [-0.1, -0.05) is 13.2 Å². The number of amides is 1. The number of aliphatic hydroxyl groups excluding tert-OH is 1. The second-order valence-electron chi connectivity index (χ2n) is 9.73. The third kappa shape index (κ3) is 22.7. The number of nitrogens with one attached hydrogen (secondary N) is 1. The molecular weight excluding hydrogens is 828 g/mol. The Kier molecular flexibility index (Phi) is 31.9. The molecule has 0 bridgehead atoms. The molecule has 1 aliphatic heterocycles. The number of carbonyl (C=O) groups excluding carboxylic acids is 2. The molecule has 2 rings (SSSR count). The van der Waals surface area contributed by atoms with Crippen LogP contribution in [-0.4, -0.2) is 103 Å². The number of nitrogens with two attached hydrogens (primary N) is 1. The SMILES string of the molecule is C.C=C=C=C=C=C=C=C=C=S.CC(=O)O.CN1[CH-]N(C)c2c1c(=O)n(CCO)c(=O)n2C.NC(CCC(=O)NC(CS)C(=O)CCC(=O)O)C(=O)O.[Ag+]. The largest absolute Gasteiger partial charge is 1.00 e. The molecule has 17 nitrogen and oxygen atoms in total. The second kappa shape index (κ2) is 30.8. The van der Waals surface area contributed by atoms with Gasteiger partial charge in [0.2, 0.25) is 5.91 Å². The van der Waals surface area contributed by atoms with Crippen LogP contribution in [0.25, 0.3) is 0 Å². The van der Waals surface area contributed by atoms with Crippen molar-refractivity contribution in [1.82, 2.24) is 14.5 Å². The van der Waals surface area contributed by atoms with E-state index in [1.807, 2.05) is 0 Å².